The Hall–Kier alpha value is -2.08. The van der Waals surface area contributed by atoms with Gasteiger partial charge in [0, 0.05) is 38.7 Å². The van der Waals surface area contributed by atoms with Crippen LogP contribution in [0.5, 0.6) is 0 Å². The van der Waals surface area contributed by atoms with E-state index in [0.29, 0.717) is 10.6 Å². The molecule has 2 aromatic carbocycles. The van der Waals surface area contributed by atoms with Crippen LogP contribution in [0.15, 0.2) is 52.7 Å². The molecular formula is C29H28ClNO2S2. The Bertz CT molecular complexity index is 1330. The molecule has 6 heteroatoms. The van der Waals surface area contributed by atoms with E-state index in [2.05, 4.69) is 47.8 Å². The number of nitrogens with zero attached hydrogens (tertiary/aromatic N) is 1. The first kappa shape index (κ1) is 23.3. The summed E-state index contributed by atoms with van der Waals surface area (Å²) in [5, 5.41) is 2.64. The van der Waals surface area contributed by atoms with Crippen molar-refractivity contribution in [3.05, 3.63) is 80.0 Å². The maximum absolute atomic E-state index is 14.1. The average molecular weight is 522 g/mol. The highest BCUT2D eigenvalue weighted by Crippen LogP contribution is 2.53. The van der Waals surface area contributed by atoms with Crippen LogP contribution in [0.4, 0.5) is 5.69 Å². The van der Waals surface area contributed by atoms with Gasteiger partial charge in [-0.15, -0.1) is 11.3 Å². The van der Waals surface area contributed by atoms with Gasteiger partial charge in [0.2, 0.25) is 0 Å². The fourth-order valence-corrected chi connectivity index (χ4v) is 8.53. The quantitative estimate of drug-likeness (QED) is 0.257. The van der Waals surface area contributed by atoms with E-state index < -0.39 is 5.92 Å². The van der Waals surface area contributed by atoms with Crippen LogP contribution in [0, 0.1) is 5.92 Å². The van der Waals surface area contributed by atoms with E-state index in [0.717, 1.165) is 53.1 Å². The standard InChI is InChI=1S/C29H28ClNO2S2/c1-16(2)22-15-34-29-20-11-10-19(20)27(32)25(28(33)26(22)29)21-14-18(9-12-23(21)30)35-31-13-5-7-17-6-3-4-8-24(17)31/h3-4,6,8-9,12,14-16,19-20,25H,5,7,10-11,13H2,1-2H3. The summed E-state index contributed by atoms with van der Waals surface area (Å²) < 4.78 is 2.32. The molecule has 1 saturated carbocycles. The van der Waals surface area contributed by atoms with Crippen molar-refractivity contribution in [2.75, 3.05) is 10.8 Å². The van der Waals surface area contributed by atoms with Crippen molar-refractivity contribution < 1.29 is 9.59 Å². The summed E-state index contributed by atoms with van der Waals surface area (Å²) in [6.45, 7) is 5.20. The van der Waals surface area contributed by atoms with E-state index in [1.54, 1.807) is 23.3 Å². The van der Waals surface area contributed by atoms with Crippen LogP contribution in [-0.4, -0.2) is 18.1 Å². The van der Waals surface area contributed by atoms with Gasteiger partial charge in [0.15, 0.2) is 11.6 Å². The maximum atomic E-state index is 14.1. The fourth-order valence-electron chi connectivity index (χ4n) is 5.81. The van der Waals surface area contributed by atoms with Crippen molar-refractivity contribution in [3.8, 4) is 0 Å². The van der Waals surface area contributed by atoms with E-state index in [-0.39, 0.29) is 29.3 Å². The van der Waals surface area contributed by atoms with Gasteiger partial charge in [-0.2, -0.15) is 0 Å². The van der Waals surface area contributed by atoms with Crippen LogP contribution in [0.3, 0.4) is 0 Å². The van der Waals surface area contributed by atoms with Crippen LogP contribution in [-0.2, 0) is 11.2 Å². The third-order valence-electron chi connectivity index (χ3n) is 7.80. The minimum absolute atomic E-state index is 0.0525. The molecule has 2 heterocycles. The second kappa shape index (κ2) is 9.10. The van der Waals surface area contributed by atoms with Gasteiger partial charge in [0.05, 0.1) is 5.69 Å². The Labute approximate surface area is 220 Å². The van der Waals surface area contributed by atoms with Crippen LogP contribution >= 0.6 is 34.9 Å². The molecule has 1 aromatic heterocycles. The molecule has 1 fully saturated rings. The first-order chi connectivity index (χ1) is 16.9. The summed E-state index contributed by atoms with van der Waals surface area (Å²) in [5.74, 6) is -0.482. The summed E-state index contributed by atoms with van der Waals surface area (Å²) in [6.07, 6.45) is 4.04. The topological polar surface area (TPSA) is 37.4 Å². The number of carbonyl (C=O) groups is 2. The number of hydrogen-bond acceptors (Lipinski definition) is 5. The molecule has 3 atom stereocenters. The summed E-state index contributed by atoms with van der Waals surface area (Å²) in [5.41, 5.74) is 5.14. The summed E-state index contributed by atoms with van der Waals surface area (Å²) in [6, 6.07) is 14.4. The molecule has 0 spiro atoms. The minimum Gasteiger partial charge on any atom is -0.312 e. The summed E-state index contributed by atoms with van der Waals surface area (Å²) >= 11 is 10.1. The number of anilines is 1. The van der Waals surface area contributed by atoms with Crippen molar-refractivity contribution in [3.63, 3.8) is 0 Å². The first-order valence-electron chi connectivity index (χ1n) is 12.5. The number of Topliss-reactive ketones (excluding diaryl/α,β-unsaturated/α-hetero) is 2. The maximum Gasteiger partial charge on any atom is 0.179 e. The molecule has 35 heavy (non-hydrogen) atoms. The molecule has 3 aromatic rings. The highest BCUT2D eigenvalue weighted by Gasteiger charge is 2.49. The molecule has 180 valence electrons. The second-order valence-corrected chi connectivity index (χ2v) is 12.6. The molecule has 0 N–H and O–H groups in total. The molecular weight excluding hydrogens is 494 g/mol. The van der Waals surface area contributed by atoms with Crippen LogP contribution < -0.4 is 4.31 Å². The summed E-state index contributed by atoms with van der Waals surface area (Å²) in [7, 11) is 0. The molecule has 0 bridgehead atoms. The highest BCUT2D eigenvalue weighted by molar-refractivity contribution is 8.00. The molecule has 1 aliphatic heterocycles. The molecule has 3 aliphatic rings. The van der Waals surface area contributed by atoms with E-state index in [1.165, 1.54) is 11.3 Å². The van der Waals surface area contributed by atoms with E-state index in [9.17, 15) is 9.59 Å². The number of halogens is 1. The van der Waals surface area contributed by atoms with E-state index in [4.69, 9.17) is 11.6 Å². The van der Waals surface area contributed by atoms with Gasteiger partial charge in [0.1, 0.15) is 5.92 Å². The molecule has 6 rings (SSSR count). The van der Waals surface area contributed by atoms with Gasteiger partial charge in [-0.25, -0.2) is 0 Å². The van der Waals surface area contributed by atoms with Crippen molar-refractivity contribution in [2.24, 2.45) is 5.92 Å². The molecule has 0 radical (unpaired) electrons. The van der Waals surface area contributed by atoms with Gasteiger partial charge < -0.3 is 4.31 Å². The van der Waals surface area contributed by atoms with Crippen LogP contribution in [0.1, 0.15) is 82.8 Å². The van der Waals surface area contributed by atoms with E-state index >= 15 is 0 Å². The Balaban J connectivity index is 1.39. The van der Waals surface area contributed by atoms with Crippen molar-refractivity contribution in [2.45, 2.75) is 62.2 Å². The second-order valence-electron chi connectivity index (χ2n) is 10.2. The minimum atomic E-state index is -0.821. The SMILES string of the molecule is CC(C)c1csc2c1C(=O)C(c1cc(SN3CCCc4ccccc43)ccc1Cl)C(=O)C1CCC21. The van der Waals surface area contributed by atoms with Crippen LogP contribution in [0.25, 0.3) is 0 Å². The van der Waals surface area contributed by atoms with Gasteiger partial charge in [-0.05, 0) is 89.9 Å². The zero-order chi connectivity index (χ0) is 24.3. The fraction of sp³-hybridized carbons (Fsp3) is 0.379. The van der Waals surface area contributed by atoms with Crippen LogP contribution in [0.2, 0.25) is 5.02 Å². The Morgan fingerprint density at radius 1 is 1.09 bits per heavy atom. The zero-order valence-electron chi connectivity index (χ0n) is 19.9. The molecule has 3 unspecified atom stereocenters. The molecule has 2 aliphatic carbocycles. The lowest BCUT2D eigenvalue weighted by Crippen LogP contribution is -2.34. The predicted molar refractivity (Wildman–Crippen MR) is 145 cm³/mol. The number of fused-ring (bicyclic) bond motifs is 4. The number of ketones is 2. The number of hydrogen-bond donors (Lipinski definition) is 0. The Kier molecular flexibility index (Phi) is 6.06. The number of thiophene rings is 1. The number of aryl methyl sites for hydroxylation is 1. The number of benzene rings is 2. The van der Waals surface area contributed by atoms with Gasteiger partial charge in [-0.3, -0.25) is 9.59 Å². The molecule has 3 nitrogen and oxygen atoms in total. The first-order valence-corrected chi connectivity index (χ1v) is 14.5. The van der Waals surface area contributed by atoms with E-state index in [1.807, 2.05) is 18.2 Å². The van der Waals surface area contributed by atoms with Gasteiger partial charge >= 0.3 is 0 Å². The molecule has 0 amide bonds. The lowest BCUT2D eigenvalue weighted by molar-refractivity contribution is -0.126. The monoisotopic (exact) mass is 521 g/mol. The van der Waals surface area contributed by atoms with Gasteiger partial charge in [-0.1, -0.05) is 43.6 Å². The third-order valence-corrected chi connectivity index (χ3v) is 10.3. The van der Waals surface area contributed by atoms with Gasteiger partial charge in [0.25, 0.3) is 0 Å². The number of para-hydroxylation sites is 1. The lowest BCUT2D eigenvalue weighted by Gasteiger charge is -2.34. The highest BCUT2D eigenvalue weighted by atomic mass is 35.5. The molecule has 0 saturated heterocycles. The largest absolute Gasteiger partial charge is 0.312 e. The Morgan fingerprint density at radius 2 is 1.89 bits per heavy atom. The normalized spacial score (nSPS) is 23.4. The van der Waals surface area contributed by atoms with Crippen molar-refractivity contribution in [1.82, 2.24) is 0 Å². The Morgan fingerprint density at radius 3 is 2.66 bits per heavy atom. The predicted octanol–water partition coefficient (Wildman–Crippen LogP) is 8.03. The third kappa shape index (κ3) is 3.87. The lowest BCUT2D eigenvalue weighted by atomic mass is 9.69. The number of carbonyl (C=O) groups excluding carboxylic acids is 2. The summed E-state index contributed by atoms with van der Waals surface area (Å²) in [4.78, 5) is 30.0. The van der Waals surface area contributed by atoms with Crippen molar-refractivity contribution in [1.29, 1.82) is 0 Å². The average Bonchev–Trinajstić information content (AvgIpc) is 3.23. The zero-order valence-corrected chi connectivity index (χ0v) is 22.3. The number of rotatable bonds is 4. The van der Waals surface area contributed by atoms with Crippen molar-refractivity contribution >= 4 is 52.1 Å². The smallest absolute Gasteiger partial charge is 0.179 e.